The molecule has 0 bridgehead atoms. The SMILES string of the molecule is CC(C)(C)c1[nH]ncc1CNC[C@@H](c1ccco1)N1CCCC1. The molecule has 0 radical (unpaired) electrons. The molecular formula is C18H28N4O. The molecule has 1 aliphatic rings. The summed E-state index contributed by atoms with van der Waals surface area (Å²) < 4.78 is 5.67. The molecule has 3 heterocycles. The summed E-state index contributed by atoms with van der Waals surface area (Å²) in [6.07, 6.45) is 6.28. The smallest absolute Gasteiger partial charge is 0.122 e. The van der Waals surface area contributed by atoms with Gasteiger partial charge in [-0.15, -0.1) is 0 Å². The van der Waals surface area contributed by atoms with Crippen LogP contribution in [0.15, 0.2) is 29.0 Å². The molecule has 5 nitrogen and oxygen atoms in total. The summed E-state index contributed by atoms with van der Waals surface area (Å²) >= 11 is 0. The Hall–Kier alpha value is -1.59. The molecule has 126 valence electrons. The van der Waals surface area contributed by atoms with Gasteiger partial charge < -0.3 is 9.73 Å². The molecule has 0 aliphatic carbocycles. The lowest BCUT2D eigenvalue weighted by Gasteiger charge is -2.26. The van der Waals surface area contributed by atoms with Crippen LogP contribution in [0, 0.1) is 0 Å². The lowest BCUT2D eigenvalue weighted by molar-refractivity contribution is 0.209. The summed E-state index contributed by atoms with van der Waals surface area (Å²) in [5.74, 6) is 1.06. The van der Waals surface area contributed by atoms with Crippen molar-refractivity contribution in [1.29, 1.82) is 0 Å². The topological polar surface area (TPSA) is 57.1 Å². The third-order valence-corrected chi connectivity index (χ3v) is 4.57. The highest BCUT2D eigenvalue weighted by molar-refractivity contribution is 5.23. The Kier molecular flexibility index (Phi) is 4.87. The van der Waals surface area contributed by atoms with Crippen LogP contribution in [-0.2, 0) is 12.0 Å². The third kappa shape index (κ3) is 3.85. The first-order valence-electron chi connectivity index (χ1n) is 8.56. The molecule has 2 N–H and O–H groups in total. The van der Waals surface area contributed by atoms with E-state index in [4.69, 9.17) is 4.42 Å². The van der Waals surface area contributed by atoms with Gasteiger partial charge in [0.2, 0.25) is 0 Å². The molecule has 0 amide bonds. The number of nitrogens with zero attached hydrogens (tertiary/aromatic N) is 2. The van der Waals surface area contributed by atoms with E-state index in [0.29, 0.717) is 6.04 Å². The molecule has 3 rings (SSSR count). The maximum atomic E-state index is 5.67. The van der Waals surface area contributed by atoms with Crippen molar-refractivity contribution >= 4 is 0 Å². The Morgan fingerprint density at radius 2 is 2.13 bits per heavy atom. The first-order chi connectivity index (χ1) is 11.1. The number of rotatable bonds is 6. The van der Waals surface area contributed by atoms with E-state index in [2.05, 4.69) is 47.3 Å². The first-order valence-corrected chi connectivity index (χ1v) is 8.56. The molecule has 1 atom stereocenters. The Morgan fingerprint density at radius 1 is 1.35 bits per heavy atom. The van der Waals surface area contributed by atoms with Gasteiger partial charge in [-0.3, -0.25) is 10.00 Å². The maximum absolute atomic E-state index is 5.67. The van der Waals surface area contributed by atoms with Crippen molar-refractivity contribution in [2.75, 3.05) is 19.6 Å². The minimum absolute atomic E-state index is 0.0862. The molecule has 0 saturated carbocycles. The summed E-state index contributed by atoms with van der Waals surface area (Å²) in [5, 5.41) is 11.0. The Labute approximate surface area is 138 Å². The largest absolute Gasteiger partial charge is 0.468 e. The second kappa shape index (κ2) is 6.89. The van der Waals surface area contributed by atoms with Crippen molar-refractivity contribution in [3.8, 4) is 0 Å². The lowest BCUT2D eigenvalue weighted by Crippen LogP contribution is -2.34. The van der Waals surface area contributed by atoms with Gasteiger partial charge in [-0.1, -0.05) is 20.8 Å². The van der Waals surface area contributed by atoms with Crippen LogP contribution in [0.2, 0.25) is 0 Å². The average molecular weight is 316 g/mol. The molecule has 5 heteroatoms. The first kappa shape index (κ1) is 16.3. The van der Waals surface area contributed by atoms with Gasteiger partial charge in [0.25, 0.3) is 0 Å². The fourth-order valence-electron chi connectivity index (χ4n) is 3.38. The van der Waals surface area contributed by atoms with E-state index < -0.39 is 0 Å². The van der Waals surface area contributed by atoms with Gasteiger partial charge in [0.15, 0.2) is 0 Å². The summed E-state index contributed by atoms with van der Waals surface area (Å²) in [6, 6.07) is 4.38. The molecular weight excluding hydrogens is 288 g/mol. The Balaban J connectivity index is 1.63. The molecule has 0 aromatic carbocycles. The van der Waals surface area contributed by atoms with Crippen molar-refractivity contribution in [2.45, 2.75) is 51.6 Å². The van der Waals surface area contributed by atoms with Crippen molar-refractivity contribution in [2.24, 2.45) is 0 Å². The van der Waals surface area contributed by atoms with E-state index in [1.54, 1.807) is 6.26 Å². The molecule has 2 aromatic rings. The zero-order valence-electron chi connectivity index (χ0n) is 14.4. The monoisotopic (exact) mass is 316 g/mol. The van der Waals surface area contributed by atoms with Gasteiger partial charge in [-0.25, -0.2) is 0 Å². The van der Waals surface area contributed by atoms with E-state index in [1.807, 2.05) is 12.3 Å². The molecule has 0 unspecified atom stereocenters. The second-order valence-corrected chi connectivity index (χ2v) is 7.43. The maximum Gasteiger partial charge on any atom is 0.122 e. The number of furan rings is 1. The minimum atomic E-state index is 0.0862. The molecule has 23 heavy (non-hydrogen) atoms. The van der Waals surface area contributed by atoms with Crippen LogP contribution < -0.4 is 5.32 Å². The number of nitrogens with one attached hydrogen (secondary N) is 2. The highest BCUT2D eigenvalue weighted by Gasteiger charge is 2.25. The van der Waals surface area contributed by atoms with E-state index >= 15 is 0 Å². The standard InChI is InChI=1S/C18H28N4O/c1-18(2,3)17-14(12-20-21-17)11-19-13-15(16-7-6-10-23-16)22-8-4-5-9-22/h6-7,10,12,15,19H,4-5,8-9,11,13H2,1-3H3,(H,20,21)/t15-/m0/s1. The number of hydrogen-bond donors (Lipinski definition) is 2. The van der Waals surface area contributed by atoms with Crippen molar-refractivity contribution < 1.29 is 4.42 Å². The fourth-order valence-corrected chi connectivity index (χ4v) is 3.38. The number of hydrogen-bond acceptors (Lipinski definition) is 4. The third-order valence-electron chi connectivity index (χ3n) is 4.57. The van der Waals surface area contributed by atoms with Crippen LogP contribution in [0.3, 0.4) is 0 Å². The Morgan fingerprint density at radius 3 is 2.78 bits per heavy atom. The highest BCUT2D eigenvalue weighted by atomic mass is 16.3. The molecule has 0 spiro atoms. The quantitative estimate of drug-likeness (QED) is 0.859. The van der Waals surface area contributed by atoms with Gasteiger partial charge >= 0.3 is 0 Å². The zero-order valence-corrected chi connectivity index (χ0v) is 14.4. The summed E-state index contributed by atoms with van der Waals surface area (Å²) in [4.78, 5) is 2.52. The van der Waals surface area contributed by atoms with E-state index in [-0.39, 0.29) is 5.41 Å². The van der Waals surface area contributed by atoms with Crippen LogP contribution in [0.4, 0.5) is 0 Å². The minimum Gasteiger partial charge on any atom is -0.468 e. The van der Waals surface area contributed by atoms with E-state index in [1.165, 1.54) is 24.1 Å². The van der Waals surface area contributed by atoms with Crippen LogP contribution >= 0.6 is 0 Å². The number of aromatic amines is 1. The molecule has 1 fully saturated rings. The molecule has 2 aromatic heterocycles. The lowest BCUT2D eigenvalue weighted by atomic mass is 9.89. The van der Waals surface area contributed by atoms with Crippen molar-refractivity contribution in [3.05, 3.63) is 41.6 Å². The van der Waals surface area contributed by atoms with Gasteiger partial charge in [0.1, 0.15) is 5.76 Å². The fraction of sp³-hybridized carbons (Fsp3) is 0.611. The van der Waals surface area contributed by atoms with Gasteiger partial charge in [-0.2, -0.15) is 5.10 Å². The second-order valence-electron chi connectivity index (χ2n) is 7.43. The zero-order chi connectivity index (χ0) is 16.3. The number of H-pyrrole nitrogens is 1. The van der Waals surface area contributed by atoms with E-state index in [9.17, 15) is 0 Å². The summed E-state index contributed by atoms with van der Waals surface area (Å²) in [6.45, 7) is 10.7. The molecule has 1 aliphatic heterocycles. The predicted octanol–water partition coefficient (Wildman–Crippen LogP) is 3.23. The highest BCUT2D eigenvalue weighted by Crippen LogP contribution is 2.26. The van der Waals surface area contributed by atoms with Crippen LogP contribution in [0.1, 0.15) is 56.7 Å². The summed E-state index contributed by atoms with van der Waals surface area (Å²) in [7, 11) is 0. The van der Waals surface area contributed by atoms with E-state index in [0.717, 1.165) is 31.9 Å². The van der Waals surface area contributed by atoms with Crippen LogP contribution in [0.5, 0.6) is 0 Å². The number of aromatic nitrogens is 2. The van der Waals surface area contributed by atoms with Gasteiger partial charge in [0.05, 0.1) is 18.5 Å². The Bertz CT molecular complexity index is 591. The van der Waals surface area contributed by atoms with Crippen LogP contribution in [-0.4, -0.2) is 34.7 Å². The van der Waals surface area contributed by atoms with Gasteiger partial charge in [-0.05, 0) is 38.1 Å². The normalized spacial score (nSPS) is 17.7. The van der Waals surface area contributed by atoms with Gasteiger partial charge in [0, 0.05) is 29.8 Å². The van der Waals surface area contributed by atoms with Crippen molar-refractivity contribution in [1.82, 2.24) is 20.4 Å². The average Bonchev–Trinajstić information content (AvgIpc) is 3.22. The number of likely N-dealkylation sites (tertiary alicyclic amines) is 1. The van der Waals surface area contributed by atoms with Crippen LogP contribution in [0.25, 0.3) is 0 Å². The molecule has 1 saturated heterocycles. The van der Waals surface area contributed by atoms with Crippen molar-refractivity contribution in [3.63, 3.8) is 0 Å². The predicted molar refractivity (Wildman–Crippen MR) is 91.3 cm³/mol. The summed E-state index contributed by atoms with van der Waals surface area (Å²) in [5.41, 5.74) is 2.54.